The molecule has 26 heavy (non-hydrogen) atoms. The Morgan fingerprint density at radius 3 is 2.54 bits per heavy atom. The van der Waals surface area contributed by atoms with Crippen LogP contribution in [-0.4, -0.2) is 35.5 Å². The molecule has 1 N–H and O–H groups in total. The maximum absolute atomic E-state index is 12.6. The van der Waals surface area contributed by atoms with Gasteiger partial charge in [-0.2, -0.15) is 13.2 Å². The summed E-state index contributed by atoms with van der Waals surface area (Å²) >= 11 is 0. The topological polar surface area (TPSA) is 80.0 Å². The molecule has 0 aliphatic heterocycles. The minimum Gasteiger partial charge on any atom is -0.484 e. The second-order valence-electron chi connectivity index (χ2n) is 5.55. The molecular weight excluding hydrogens is 355 g/mol. The number of carboxylic acid groups (broad SMARTS) is 1. The standard InChI is InChI=1S/C17H16F3NO5/c1-10-14(16(23)24)7-13(26-10)8-21(2)15(22)9-25-12-5-3-4-11(6-12)17(18,19)20/h3-7H,8-9H2,1-2H3,(H,23,24). The van der Waals surface area contributed by atoms with Gasteiger partial charge in [-0.15, -0.1) is 0 Å². The van der Waals surface area contributed by atoms with Crippen molar-refractivity contribution in [3.05, 3.63) is 53.0 Å². The Labute approximate surface area is 146 Å². The first-order valence-electron chi connectivity index (χ1n) is 7.44. The van der Waals surface area contributed by atoms with Crippen molar-refractivity contribution in [1.82, 2.24) is 4.90 Å². The summed E-state index contributed by atoms with van der Waals surface area (Å²) in [6.45, 7) is 1.02. The second kappa shape index (κ2) is 7.51. The van der Waals surface area contributed by atoms with Gasteiger partial charge in [-0.05, 0) is 31.2 Å². The third-order valence-electron chi connectivity index (χ3n) is 3.54. The van der Waals surface area contributed by atoms with E-state index in [0.29, 0.717) is 0 Å². The molecule has 0 unspecified atom stereocenters. The predicted molar refractivity (Wildman–Crippen MR) is 83.8 cm³/mol. The Hall–Kier alpha value is -2.97. The first-order chi connectivity index (χ1) is 12.1. The van der Waals surface area contributed by atoms with Crippen LogP contribution in [0.3, 0.4) is 0 Å². The van der Waals surface area contributed by atoms with E-state index in [2.05, 4.69) is 0 Å². The first-order valence-corrected chi connectivity index (χ1v) is 7.44. The minimum atomic E-state index is -4.50. The molecule has 2 rings (SSSR count). The zero-order valence-corrected chi connectivity index (χ0v) is 14.0. The van der Waals surface area contributed by atoms with E-state index in [1.807, 2.05) is 0 Å². The van der Waals surface area contributed by atoms with Gasteiger partial charge in [-0.3, -0.25) is 4.79 Å². The molecule has 0 aliphatic rings. The van der Waals surface area contributed by atoms with Crippen molar-refractivity contribution >= 4 is 11.9 Å². The molecule has 0 radical (unpaired) electrons. The van der Waals surface area contributed by atoms with Gasteiger partial charge < -0.3 is 19.2 Å². The highest BCUT2D eigenvalue weighted by Gasteiger charge is 2.30. The van der Waals surface area contributed by atoms with Gasteiger partial charge in [0.25, 0.3) is 5.91 Å². The number of likely N-dealkylation sites (N-methyl/N-ethyl adjacent to an activating group) is 1. The lowest BCUT2D eigenvalue weighted by Crippen LogP contribution is -2.30. The van der Waals surface area contributed by atoms with E-state index < -0.39 is 30.2 Å². The fraction of sp³-hybridized carbons (Fsp3) is 0.294. The molecule has 0 aliphatic carbocycles. The lowest BCUT2D eigenvalue weighted by atomic mass is 10.2. The van der Waals surface area contributed by atoms with Crippen LogP contribution < -0.4 is 4.74 Å². The molecule has 140 valence electrons. The zero-order valence-electron chi connectivity index (χ0n) is 14.0. The van der Waals surface area contributed by atoms with Crippen molar-refractivity contribution in [3.63, 3.8) is 0 Å². The number of aromatic carboxylic acids is 1. The first kappa shape index (κ1) is 19.4. The normalized spacial score (nSPS) is 11.3. The second-order valence-corrected chi connectivity index (χ2v) is 5.55. The lowest BCUT2D eigenvalue weighted by Gasteiger charge is -2.16. The SMILES string of the molecule is Cc1oc(CN(C)C(=O)COc2cccc(C(F)(F)F)c2)cc1C(=O)O. The third kappa shape index (κ3) is 4.78. The number of halogens is 3. The molecule has 2 aromatic rings. The fourth-order valence-corrected chi connectivity index (χ4v) is 2.17. The summed E-state index contributed by atoms with van der Waals surface area (Å²) in [5.74, 6) is -1.24. The molecule has 1 aromatic carbocycles. The number of nitrogens with zero attached hydrogens (tertiary/aromatic N) is 1. The van der Waals surface area contributed by atoms with E-state index in [0.717, 1.165) is 12.1 Å². The van der Waals surface area contributed by atoms with E-state index in [4.69, 9.17) is 14.3 Å². The maximum atomic E-state index is 12.6. The van der Waals surface area contributed by atoms with Gasteiger partial charge in [0, 0.05) is 7.05 Å². The van der Waals surface area contributed by atoms with E-state index in [1.165, 1.54) is 37.1 Å². The number of furan rings is 1. The predicted octanol–water partition coefficient (Wildman–Crippen LogP) is 3.34. The van der Waals surface area contributed by atoms with Gasteiger partial charge in [-0.25, -0.2) is 4.79 Å². The Morgan fingerprint density at radius 1 is 1.27 bits per heavy atom. The number of benzene rings is 1. The maximum Gasteiger partial charge on any atom is 0.416 e. The molecule has 1 heterocycles. The summed E-state index contributed by atoms with van der Waals surface area (Å²) in [5, 5.41) is 8.97. The van der Waals surface area contributed by atoms with Gasteiger partial charge >= 0.3 is 12.1 Å². The number of ether oxygens (including phenoxy) is 1. The Bertz CT molecular complexity index is 813. The van der Waals surface area contributed by atoms with Crippen LogP contribution in [0.2, 0.25) is 0 Å². The van der Waals surface area contributed by atoms with Crippen LogP contribution in [0.25, 0.3) is 0 Å². The number of alkyl halides is 3. The number of hydrogen-bond acceptors (Lipinski definition) is 4. The highest BCUT2D eigenvalue weighted by molar-refractivity contribution is 5.88. The number of rotatable bonds is 6. The molecule has 0 fully saturated rings. The largest absolute Gasteiger partial charge is 0.484 e. The van der Waals surface area contributed by atoms with E-state index in [1.54, 1.807) is 0 Å². The molecule has 0 spiro atoms. The Balaban J connectivity index is 1.95. The van der Waals surface area contributed by atoms with Gasteiger partial charge in [0.2, 0.25) is 0 Å². The number of aryl methyl sites for hydroxylation is 1. The lowest BCUT2D eigenvalue weighted by molar-refractivity contribution is -0.137. The number of amides is 1. The van der Waals surface area contributed by atoms with E-state index in [-0.39, 0.29) is 29.4 Å². The molecular formula is C17H16F3NO5. The fourth-order valence-electron chi connectivity index (χ4n) is 2.17. The van der Waals surface area contributed by atoms with E-state index in [9.17, 15) is 22.8 Å². The van der Waals surface area contributed by atoms with Crippen LogP contribution in [0.1, 0.15) is 27.4 Å². The molecule has 6 nitrogen and oxygen atoms in total. The van der Waals surface area contributed by atoms with E-state index >= 15 is 0 Å². The van der Waals surface area contributed by atoms with Gasteiger partial charge in [0.1, 0.15) is 22.8 Å². The summed E-state index contributed by atoms with van der Waals surface area (Å²) < 4.78 is 48.3. The van der Waals surface area contributed by atoms with Crippen LogP contribution in [0, 0.1) is 6.92 Å². The summed E-state index contributed by atoms with van der Waals surface area (Å²) in [4.78, 5) is 24.2. The van der Waals surface area contributed by atoms with Crippen molar-refractivity contribution < 1.29 is 37.0 Å². The van der Waals surface area contributed by atoms with Crippen molar-refractivity contribution in [1.29, 1.82) is 0 Å². The number of hydrogen-bond donors (Lipinski definition) is 1. The number of carbonyl (C=O) groups excluding carboxylic acids is 1. The molecule has 0 bridgehead atoms. The average molecular weight is 371 g/mol. The number of carboxylic acids is 1. The summed E-state index contributed by atoms with van der Waals surface area (Å²) in [6.07, 6.45) is -4.50. The average Bonchev–Trinajstić information content (AvgIpc) is 2.92. The smallest absolute Gasteiger partial charge is 0.416 e. The minimum absolute atomic E-state index is 0.000986. The highest BCUT2D eigenvalue weighted by Crippen LogP contribution is 2.31. The summed E-state index contributed by atoms with van der Waals surface area (Å²) in [7, 11) is 1.44. The zero-order chi connectivity index (χ0) is 19.5. The van der Waals surface area contributed by atoms with Crippen LogP contribution in [-0.2, 0) is 17.5 Å². The quantitative estimate of drug-likeness (QED) is 0.842. The molecule has 0 saturated carbocycles. The number of carbonyl (C=O) groups is 2. The van der Waals surface area contributed by atoms with Crippen molar-refractivity contribution in [3.8, 4) is 5.75 Å². The molecule has 0 saturated heterocycles. The van der Waals surface area contributed by atoms with Crippen molar-refractivity contribution in [2.45, 2.75) is 19.6 Å². The van der Waals surface area contributed by atoms with Crippen LogP contribution >= 0.6 is 0 Å². The molecule has 9 heteroatoms. The third-order valence-corrected chi connectivity index (χ3v) is 3.54. The summed E-state index contributed by atoms with van der Waals surface area (Å²) in [5.41, 5.74) is -0.871. The monoisotopic (exact) mass is 371 g/mol. The van der Waals surface area contributed by atoms with Gasteiger partial charge in [0.15, 0.2) is 6.61 Å². The molecule has 1 aromatic heterocycles. The van der Waals surface area contributed by atoms with Gasteiger partial charge in [-0.1, -0.05) is 6.07 Å². The van der Waals surface area contributed by atoms with Crippen LogP contribution in [0.4, 0.5) is 13.2 Å². The Morgan fingerprint density at radius 2 is 1.96 bits per heavy atom. The van der Waals surface area contributed by atoms with Crippen molar-refractivity contribution in [2.24, 2.45) is 0 Å². The van der Waals surface area contributed by atoms with Crippen molar-refractivity contribution in [2.75, 3.05) is 13.7 Å². The highest BCUT2D eigenvalue weighted by atomic mass is 19.4. The van der Waals surface area contributed by atoms with Crippen LogP contribution in [0.15, 0.2) is 34.7 Å². The van der Waals surface area contributed by atoms with Gasteiger partial charge in [0.05, 0.1) is 12.1 Å². The Kier molecular flexibility index (Phi) is 5.59. The summed E-state index contributed by atoms with van der Waals surface area (Å²) in [6, 6.07) is 5.53. The molecule has 0 atom stereocenters. The molecule has 1 amide bonds. The van der Waals surface area contributed by atoms with Crippen LogP contribution in [0.5, 0.6) is 5.75 Å².